The molecule has 1 amide bonds. The molecule has 5 nitrogen and oxygen atoms in total. The second kappa shape index (κ2) is 6.85. The van der Waals surface area contributed by atoms with E-state index in [9.17, 15) is 4.79 Å². The summed E-state index contributed by atoms with van der Waals surface area (Å²) in [6, 6.07) is 12.8. The highest BCUT2D eigenvalue weighted by molar-refractivity contribution is 7.98. The van der Waals surface area contributed by atoms with Crippen LogP contribution in [0.4, 0.5) is 5.69 Å². The highest BCUT2D eigenvalue weighted by atomic mass is 35.5. The highest BCUT2D eigenvalue weighted by Gasteiger charge is 2.12. The minimum atomic E-state index is -0.261. The van der Waals surface area contributed by atoms with E-state index in [2.05, 4.69) is 15.5 Å². The van der Waals surface area contributed by atoms with Crippen LogP contribution in [0.3, 0.4) is 0 Å². The molecule has 0 fully saturated rings. The van der Waals surface area contributed by atoms with Crippen molar-refractivity contribution in [1.29, 1.82) is 0 Å². The number of carbonyl (C=O) groups excluding carboxylic acids is 1. The number of aromatic nitrogens is 3. The maximum Gasteiger partial charge on any atom is 0.257 e. The van der Waals surface area contributed by atoms with Crippen molar-refractivity contribution in [3.63, 3.8) is 0 Å². The predicted octanol–water partition coefficient (Wildman–Crippen LogP) is 3.89. The number of hydrogen-bond donors (Lipinski definition) is 1. The lowest BCUT2D eigenvalue weighted by Crippen LogP contribution is -2.13. The maximum absolute atomic E-state index is 12.5. The van der Waals surface area contributed by atoms with E-state index in [0.29, 0.717) is 10.6 Å². The Kier molecular flexibility index (Phi) is 4.64. The summed E-state index contributed by atoms with van der Waals surface area (Å²) in [6.07, 6.45) is 5.11. The van der Waals surface area contributed by atoms with Crippen molar-refractivity contribution in [2.24, 2.45) is 0 Å². The molecule has 0 saturated carbocycles. The molecule has 1 heterocycles. The molecule has 0 aliphatic heterocycles. The molecule has 7 heteroatoms. The molecule has 1 N–H and O–H groups in total. The van der Waals surface area contributed by atoms with Crippen LogP contribution in [0.5, 0.6) is 0 Å². The summed E-state index contributed by atoms with van der Waals surface area (Å²) in [5.74, 6) is -0.261. The van der Waals surface area contributed by atoms with Crippen LogP contribution in [0, 0.1) is 0 Å². The number of benzene rings is 2. The molecule has 0 radical (unpaired) electrons. The van der Waals surface area contributed by atoms with Crippen molar-refractivity contribution in [1.82, 2.24) is 14.8 Å². The van der Waals surface area contributed by atoms with Gasteiger partial charge in [0.25, 0.3) is 5.91 Å². The van der Waals surface area contributed by atoms with Crippen LogP contribution in [0.1, 0.15) is 10.4 Å². The molecule has 0 aliphatic carbocycles. The van der Waals surface area contributed by atoms with Gasteiger partial charge in [0.2, 0.25) is 0 Å². The third kappa shape index (κ3) is 3.55. The fourth-order valence-corrected chi connectivity index (χ4v) is 2.74. The van der Waals surface area contributed by atoms with Crippen molar-refractivity contribution >= 4 is 35.0 Å². The van der Waals surface area contributed by atoms with Crippen LogP contribution in [0.2, 0.25) is 5.02 Å². The number of nitrogens with one attached hydrogen (secondary N) is 1. The molecule has 2 aromatic carbocycles. The minimum Gasteiger partial charge on any atom is -0.322 e. The van der Waals surface area contributed by atoms with E-state index >= 15 is 0 Å². The summed E-state index contributed by atoms with van der Waals surface area (Å²) in [7, 11) is 0. The second-order valence-electron chi connectivity index (χ2n) is 4.72. The molecule has 23 heavy (non-hydrogen) atoms. The van der Waals surface area contributed by atoms with Gasteiger partial charge in [0.05, 0.1) is 10.6 Å². The third-order valence-electron chi connectivity index (χ3n) is 3.24. The average molecular weight is 345 g/mol. The van der Waals surface area contributed by atoms with Crippen LogP contribution in [0.25, 0.3) is 5.69 Å². The van der Waals surface area contributed by atoms with Gasteiger partial charge in [-0.05, 0) is 42.7 Å². The minimum absolute atomic E-state index is 0.261. The van der Waals surface area contributed by atoms with E-state index in [1.165, 1.54) is 0 Å². The summed E-state index contributed by atoms with van der Waals surface area (Å²) < 4.78 is 1.71. The van der Waals surface area contributed by atoms with Crippen LogP contribution in [0.15, 0.2) is 60.0 Å². The van der Waals surface area contributed by atoms with Crippen LogP contribution < -0.4 is 5.32 Å². The van der Waals surface area contributed by atoms with Gasteiger partial charge in [-0.3, -0.25) is 9.36 Å². The van der Waals surface area contributed by atoms with Gasteiger partial charge >= 0.3 is 0 Å². The van der Waals surface area contributed by atoms with Crippen molar-refractivity contribution in [2.45, 2.75) is 4.90 Å². The Bertz CT molecular complexity index is 836. The Morgan fingerprint density at radius 2 is 1.96 bits per heavy atom. The summed E-state index contributed by atoms with van der Waals surface area (Å²) in [5.41, 5.74) is 1.89. The zero-order valence-corrected chi connectivity index (χ0v) is 13.8. The number of halogens is 1. The molecule has 3 rings (SSSR count). The lowest BCUT2D eigenvalue weighted by atomic mass is 10.1. The topological polar surface area (TPSA) is 59.8 Å². The molecule has 3 aromatic rings. The van der Waals surface area contributed by atoms with Gasteiger partial charge in [-0.15, -0.1) is 22.0 Å². The summed E-state index contributed by atoms with van der Waals surface area (Å²) in [4.78, 5) is 13.6. The number of nitrogens with zero attached hydrogens (tertiary/aromatic N) is 3. The van der Waals surface area contributed by atoms with Crippen molar-refractivity contribution in [3.05, 3.63) is 65.7 Å². The Hall–Kier alpha value is -2.31. The Morgan fingerprint density at radius 1 is 1.17 bits per heavy atom. The second-order valence-corrected chi connectivity index (χ2v) is 6.01. The van der Waals surface area contributed by atoms with Gasteiger partial charge < -0.3 is 5.32 Å². The van der Waals surface area contributed by atoms with Gasteiger partial charge in [0.15, 0.2) is 0 Å². The number of amides is 1. The normalized spacial score (nSPS) is 10.5. The predicted molar refractivity (Wildman–Crippen MR) is 92.5 cm³/mol. The Balaban J connectivity index is 1.88. The molecule has 0 atom stereocenters. The highest BCUT2D eigenvalue weighted by Crippen LogP contribution is 2.23. The smallest absolute Gasteiger partial charge is 0.257 e. The van der Waals surface area contributed by atoms with E-state index in [1.807, 2.05) is 30.5 Å². The molecule has 0 unspecified atom stereocenters. The lowest BCUT2D eigenvalue weighted by molar-refractivity contribution is 0.102. The molecule has 0 bridgehead atoms. The largest absolute Gasteiger partial charge is 0.322 e. The number of rotatable bonds is 4. The molecular formula is C16H13ClN4OS. The number of carbonyl (C=O) groups is 1. The fraction of sp³-hybridized carbons (Fsp3) is 0.0625. The first kappa shape index (κ1) is 15.6. The first-order valence-electron chi connectivity index (χ1n) is 6.77. The van der Waals surface area contributed by atoms with Crippen LogP contribution in [-0.4, -0.2) is 26.9 Å². The van der Waals surface area contributed by atoms with Crippen LogP contribution in [-0.2, 0) is 0 Å². The number of hydrogen-bond acceptors (Lipinski definition) is 4. The quantitative estimate of drug-likeness (QED) is 0.729. The maximum atomic E-state index is 12.5. The van der Waals surface area contributed by atoms with E-state index in [4.69, 9.17) is 11.6 Å². The van der Waals surface area contributed by atoms with Gasteiger partial charge in [0, 0.05) is 16.3 Å². The van der Waals surface area contributed by atoms with E-state index in [1.54, 1.807) is 47.2 Å². The van der Waals surface area contributed by atoms with Crippen LogP contribution >= 0.6 is 23.4 Å². The zero-order chi connectivity index (χ0) is 16.2. The molecule has 0 spiro atoms. The molecular weight excluding hydrogens is 332 g/mol. The Morgan fingerprint density at radius 3 is 2.70 bits per heavy atom. The summed E-state index contributed by atoms with van der Waals surface area (Å²) in [6.45, 7) is 0. The van der Waals surface area contributed by atoms with Gasteiger partial charge in [0.1, 0.15) is 12.7 Å². The number of anilines is 1. The van der Waals surface area contributed by atoms with Crippen molar-refractivity contribution in [3.8, 4) is 5.69 Å². The summed E-state index contributed by atoms with van der Waals surface area (Å²) >= 11 is 7.79. The Labute approximate surface area is 142 Å². The molecule has 0 saturated heterocycles. The fourth-order valence-electron chi connectivity index (χ4n) is 2.08. The van der Waals surface area contributed by atoms with E-state index in [-0.39, 0.29) is 5.91 Å². The first-order valence-corrected chi connectivity index (χ1v) is 8.37. The zero-order valence-electron chi connectivity index (χ0n) is 12.2. The van der Waals surface area contributed by atoms with Gasteiger partial charge in [-0.25, -0.2) is 0 Å². The van der Waals surface area contributed by atoms with Gasteiger partial charge in [-0.1, -0.05) is 17.7 Å². The SMILES string of the molecule is CSc1cccc(NC(=O)c2cc(-n3cnnc3)ccc2Cl)c1. The van der Waals surface area contributed by atoms with Crippen molar-refractivity contribution in [2.75, 3.05) is 11.6 Å². The lowest BCUT2D eigenvalue weighted by Gasteiger charge is -2.10. The molecule has 116 valence electrons. The third-order valence-corrected chi connectivity index (χ3v) is 4.29. The van der Waals surface area contributed by atoms with Gasteiger partial charge in [-0.2, -0.15) is 0 Å². The number of thioether (sulfide) groups is 1. The summed E-state index contributed by atoms with van der Waals surface area (Å²) in [5, 5.41) is 10.8. The van der Waals surface area contributed by atoms with E-state index in [0.717, 1.165) is 16.3 Å². The average Bonchev–Trinajstić information content (AvgIpc) is 3.10. The van der Waals surface area contributed by atoms with Crippen molar-refractivity contribution < 1.29 is 4.79 Å². The first-order chi connectivity index (χ1) is 11.2. The van der Waals surface area contributed by atoms with E-state index < -0.39 is 0 Å². The standard InChI is InChI=1S/C16H13ClN4OS/c1-23-13-4-2-3-11(7-13)20-16(22)14-8-12(5-6-15(14)17)21-9-18-19-10-21/h2-10H,1H3,(H,20,22). The molecule has 0 aliphatic rings. The monoisotopic (exact) mass is 344 g/mol. The molecule has 1 aromatic heterocycles.